The Kier molecular flexibility index (Phi) is 11.5. The first kappa shape index (κ1) is 41.3. The van der Waals surface area contributed by atoms with Gasteiger partial charge in [-0.3, -0.25) is 14.4 Å². The van der Waals surface area contributed by atoms with Crippen LogP contribution in [0.5, 0.6) is 0 Å². The molecule has 10 aromatic rings. The van der Waals surface area contributed by atoms with Crippen LogP contribution in [0.4, 0.5) is 0 Å². The van der Waals surface area contributed by atoms with Gasteiger partial charge in [-0.05, 0) is 116 Å². The number of unbranched alkanes of at least 4 members (excludes halogenated alkanes) is 12. The van der Waals surface area contributed by atoms with Crippen molar-refractivity contribution in [2.45, 2.75) is 136 Å². The molecule has 10 rings (SSSR count). The quantitative estimate of drug-likeness (QED) is 0.0535. The summed E-state index contributed by atoms with van der Waals surface area (Å²) >= 11 is 0. The van der Waals surface area contributed by atoms with Crippen LogP contribution >= 0.6 is 0 Å². The van der Waals surface area contributed by atoms with Crippen LogP contribution in [0.15, 0.2) is 91.0 Å². The van der Waals surface area contributed by atoms with E-state index in [9.17, 15) is 14.4 Å². The van der Waals surface area contributed by atoms with Crippen LogP contribution in [0.25, 0.3) is 97.0 Å². The summed E-state index contributed by atoms with van der Waals surface area (Å²) in [4.78, 5) is 42.2. The summed E-state index contributed by atoms with van der Waals surface area (Å²) in [6.07, 6.45) is 18.4. The molecular formula is C60H60O3. The average molecular weight is 829 g/mol. The Labute approximate surface area is 371 Å². The van der Waals surface area contributed by atoms with Crippen LogP contribution in [0, 0.1) is 0 Å². The van der Waals surface area contributed by atoms with Crippen molar-refractivity contribution < 1.29 is 14.4 Å². The zero-order valence-electron chi connectivity index (χ0n) is 37.6. The summed E-state index contributed by atoms with van der Waals surface area (Å²) in [5.74, 6) is 0.670. The number of rotatable bonds is 21. The van der Waals surface area contributed by atoms with E-state index in [2.05, 4.69) is 112 Å². The van der Waals surface area contributed by atoms with Gasteiger partial charge in [0.1, 0.15) is 0 Å². The van der Waals surface area contributed by atoms with Gasteiger partial charge in [-0.15, -0.1) is 0 Å². The molecule has 0 bridgehead atoms. The lowest BCUT2D eigenvalue weighted by Gasteiger charge is -2.07. The monoisotopic (exact) mass is 828 g/mol. The Morgan fingerprint density at radius 1 is 0.270 bits per heavy atom. The van der Waals surface area contributed by atoms with E-state index in [-0.39, 0.29) is 17.3 Å². The van der Waals surface area contributed by atoms with E-state index >= 15 is 0 Å². The summed E-state index contributed by atoms with van der Waals surface area (Å²) in [7, 11) is 0. The fraction of sp³-hybridized carbons (Fsp3) is 0.350. The molecule has 63 heavy (non-hydrogen) atoms. The van der Waals surface area contributed by atoms with E-state index in [1.54, 1.807) is 0 Å². The van der Waals surface area contributed by atoms with Crippen LogP contribution in [0.3, 0.4) is 0 Å². The van der Waals surface area contributed by atoms with Crippen molar-refractivity contribution in [2.75, 3.05) is 0 Å². The molecule has 0 heterocycles. The van der Waals surface area contributed by atoms with Crippen LogP contribution in [-0.2, 0) is 0 Å². The second kappa shape index (κ2) is 17.5. The molecule has 10 aromatic carbocycles. The molecule has 0 atom stereocenters. The molecule has 0 unspecified atom stereocenters. The topological polar surface area (TPSA) is 51.2 Å². The third kappa shape index (κ3) is 6.80. The summed E-state index contributed by atoms with van der Waals surface area (Å²) in [5, 5.41) is 20.9. The Balaban J connectivity index is 1.26. The highest BCUT2D eigenvalue weighted by Gasteiger charge is 2.29. The first-order chi connectivity index (χ1) is 31.0. The van der Waals surface area contributed by atoms with Crippen molar-refractivity contribution in [3.63, 3.8) is 0 Å². The molecule has 0 N–H and O–H groups in total. The molecule has 0 aliphatic carbocycles. The van der Waals surface area contributed by atoms with Gasteiger partial charge < -0.3 is 0 Å². The number of fused-ring (bicyclic) bond motifs is 12. The van der Waals surface area contributed by atoms with E-state index in [4.69, 9.17) is 0 Å². The van der Waals surface area contributed by atoms with Crippen molar-refractivity contribution in [2.24, 2.45) is 0 Å². The standard InChI is InChI=1S/C60H60O3/c1-4-7-10-13-16-28-49(61)37-31-34-46-52-40(37)22-19-25-43(52)55-58(46)56-44-26-20-23-41-39(51(63)30-18-15-12-9-6-3)33-36-48(53(41)44)60(56)57-45-27-21-24-42-38(32-35-47(54(42)45)59(55)57)50(62)29-17-14-11-8-5-2/h19-27,31-36H,4-18,28-30H2,1-3H3. The van der Waals surface area contributed by atoms with Gasteiger partial charge in [0.05, 0.1) is 0 Å². The molecule has 0 amide bonds. The van der Waals surface area contributed by atoms with Crippen LogP contribution in [-0.4, -0.2) is 17.3 Å². The maximum absolute atomic E-state index is 14.1. The van der Waals surface area contributed by atoms with E-state index in [0.29, 0.717) is 19.3 Å². The molecule has 3 nitrogen and oxygen atoms in total. The lowest BCUT2D eigenvalue weighted by molar-refractivity contribution is 0.0972. The second-order valence-electron chi connectivity index (χ2n) is 18.7. The highest BCUT2D eigenvalue weighted by Crippen LogP contribution is 2.56. The van der Waals surface area contributed by atoms with Crippen molar-refractivity contribution in [1.29, 1.82) is 0 Å². The number of hydrogen-bond donors (Lipinski definition) is 0. The molecular weight excluding hydrogens is 769 g/mol. The predicted molar refractivity (Wildman–Crippen MR) is 271 cm³/mol. The number of Topliss-reactive ketones (excluding diaryl/α,β-unsaturated/α-hetero) is 3. The summed E-state index contributed by atoms with van der Waals surface area (Å²) in [6.45, 7) is 6.68. The van der Waals surface area contributed by atoms with Crippen LogP contribution < -0.4 is 0 Å². The van der Waals surface area contributed by atoms with Crippen LogP contribution in [0.1, 0.15) is 167 Å². The highest BCUT2D eigenvalue weighted by molar-refractivity contribution is 6.56. The third-order valence-electron chi connectivity index (χ3n) is 14.7. The maximum atomic E-state index is 14.1. The number of ketones is 3. The molecule has 0 saturated carbocycles. The number of benzene rings is 7. The maximum Gasteiger partial charge on any atom is 0.163 e. The zero-order chi connectivity index (χ0) is 43.2. The van der Waals surface area contributed by atoms with E-state index in [1.807, 2.05) is 0 Å². The Hall–Kier alpha value is -5.67. The van der Waals surface area contributed by atoms with Crippen molar-refractivity contribution in [1.82, 2.24) is 0 Å². The third-order valence-corrected chi connectivity index (χ3v) is 14.7. The van der Waals surface area contributed by atoms with Gasteiger partial charge in [-0.1, -0.05) is 189 Å². The SMILES string of the molecule is CCCCCCCC(=O)c1ccc2c3c1cccc3c1c2c2c3cccc4c(C(=O)CCCCCCC)ccc(c43)c2c2c3cccc4c(C(=O)CCCCCCC)ccc(c43)c12. The summed E-state index contributed by atoms with van der Waals surface area (Å²) < 4.78 is 0. The second-order valence-corrected chi connectivity index (χ2v) is 18.7. The molecule has 0 spiro atoms. The highest BCUT2D eigenvalue weighted by atomic mass is 16.1. The van der Waals surface area contributed by atoms with Gasteiger partial charge in [-0.25, -0.2) is 0 Å². The Morgan fingerprint density at radius 3 is 0.778 bits per heavy atom. The van der Waals surface area contributed by atoms with Gasteiger partial charge in [-0.2, -0.15) is 0 Å². The molecule has 0 saturated heterocycles. The van der Waals surface area contributed by atoms with Gasteiger partial charge in [0.2, 0.25) is 0 Å². The molecule has 0 aromatic heterocycles. The minimum atomic E-state index is 0.223. The summed E-state index contributed by atoms with van der Waals surface area (Å²) in [5.41, 5.74) is 2.45. The van der Waals surface area contributed by atoms with Crippen LogP contribution in [0.2, 0.25) is 0 Å². The Bertz CT molecular complexity index is 2870. The number of carbonyl (C=O) groups is 3. The van der Waals surface area contributed by atoms with E-state index in [1.165, 1.54) is 122 Å². The summed E-state index contributed by atoms with van der Waals surface area (Å²) in [6, 6.07) is 32.7. The van der Waals surface area contributed by atoms with E-state index < -0.39 is 0 Å². The number of carbonyl (C=O) groups excluding carboxylic acids is 3. The smallest absolute Gasteiger partial charge is 0.163 e. The van der Waals surface area contributed by atoms with Gasteiger partial charge in [0.25, 0.3) is 0 Å². The predicted octanol–water partition coefficient (Wildman–Crippen LogP) is 18.0. The van der Waals surface area contributed by atoms with Crippen molar-refractivity contribution in [3.8, 4) is 0 Å². The molecule has 0 radical (unpaired) electrons. The Morgan fingerprint density at radius 2 is 0.508 bits per heavy atom. The normalized spacial score (nSPS) is 12.4. The molecule has 0 aliphatic heterocycles. The number of hydrogen-bond acceptors (Lipinski definition) is 3. The molecule has 3 heteroatoms. The first-order valence-corrected chi connectivity index (χ1v) is 24.5. The van der Waals surface area contributed by atoms with E-state index in [0.717, 1.165) is 87.5 Å². The average Bonchev–Trinajstić information content (AvgIpc) is 3.94. The molecule has 0 fully saturated rings. The largest absolute Gasteiger partial charge is 0.294 e. The van der Waals surface area contributed by atoms with Crippen molar-refractivity contribution >= 4 is 114 Å². The first-order valence-electron chi connectivity index (χ1n) is 24.5. The van der Waals surface area contributed by atoms with Gasteiger partial charge >= 0.3 is 0 Å². The minimum absolute atomic E-state index is 0.223. The minimum Gasteiger partial charge on any atom is -0.294 e. The zero-order valence-corrected chi connectivity index (χ0v) is 37.6. The lowest BCUT2D eigenvalue weighted by Crippen LogP contribution is -2.00. The van der Waals surface area contributed by atoms with Crippen molar-refractivity contribution in [3.05, 3.63) is 108 Å². The molecule has 318 valence electrons. The lowest BCUT2D eigenvalue weighted by atomic mass is 9.95. The fourth-order valence-corrected chi connectivity index (χ4v) is 11.6. The fourth-order valence-electron chi connectivity index (χ4n) is 11.6. The van der Waals surface area contributed by atoms with Gasteiger partial charge in [0, 0.05) is 36.0 Å². The molecule has 0 aliphatic rings. The van der Waals surface area contributed by atoms with Gasteiger partial charge in [0.15, 0.2) is 17.3 Å².